The number of hydrogen-bond donors (Lipinski definition) is 2. The summed E-state index contributed by atoms with van der Waals surface area (Å²) >= 11 is 0. The fourth-order valence-electron chi connectivity index (χ4n) is 3.31. The van der Waals surface area contributed by atoms with Crippen molar-refractivity contribution < 1.29 is 4.74 Å². The van der Waals surface area contributed by atoms with Crippen molar-refractivity contribution >= 4 is 0 Å². The molecular weight excluding hydrogens is 248 g/mol. The Morgan fingerprint density at radius 3 is 2.90 bits per heavy atom. The SMILES string of the molecule is COc1ccc2c(c1)CC(CN)(NCCC1CC1)CC2. The van der Waals surface area contributed by atoms with Crippen molar-refractivity contribution in [3.8, 4) is 5.75 Å². The molecule has 0 aliphatic heterocycles. The van der Waals surface area contributed by atoms with Gasteiger partial charge >= 0.3 is 0 Å². The van der Waals surface area contributed by atoms with Gasteiger partial charge in [-0.3, -0.25) is 0 Å². The summed E-state index contributed by atoms with van der Waals surface area (Å²) in [7, 11) is 1.73. The van der Waals surface area contributed by atoms with E-state index in [2.05, 4.69) is 23.5 Å². The van der Waals surface area contributed by atoms with Crippen LogP contribution in [0.25, 0.3) is 0 Å². The summed E-state index contributed by atoms with van der Waals surface area (Å²) in [4.78, 5) is 0. The van der Waals surface area contributed by atoms with Crippen LogP contribution in [0, 0.1) is 5.92 Å². The number of fused-ring (bicyclic) bond motifs is 1. The fraction of sp³-hybridized carbons (Fsp3) is 0.647. The van der Waals surface area contributed by atoms with E-state index >= 15 is 0 Å². The molecule has 0 aromatic heterocycles. The average molecular weight is 274 g/mol. The van der Waals surface area contributed by atoms with Crippen LogP contribution in [-0.2, 0) is 12.8 Å². The first-order valence-corrected chi connectivity index (χ1v) is 7.85. The number of hydrogen-bond acceptors (Lipinski definition) is 3. The molecule has 1 saturated carbocycles. The molecule has 0 heterocycles. The van der Waals surface area contributed by atoms with Crippen molar-refractivity contribution in [1.82, 2.24) is 5.32 Å². The Morgan fingerprint density at radius 1 is 1.35 bits per heavy atom. The van der Waals surface area contributed by atoms with E-state index in [-0.39, 0.29) is 5.54 Å². The molecule has 3 rings (SSSR count). The number of methoxy groups -OCH3 is 1. The summed E-state index contributed by atoms with van der Waals surface area (Å²) in [6.45, 7) is 1.83. The quantitative estimate of drug-likeness (QED) is 0.836. The molecule has 0 bridgehead atoms. The number of nitrogens with two attached hydrogens (primary N) is 1. The number of benzene rings is 1. The number of ether oxygens (including phenoxy) is 1. The van der Waals surface area contributed by atoms with Crippen molar-refractivity contribution in [3.63, 3.8) is 0 Å². The van der Waals surface area contributed by atoms with Gasteiger partial charge in [0.15, 0.2) is 0 Å². The molecule has 0 saturated heterocycles. The zero-order valence-electron chi connectivity index (χ0n) is 12.5. The minimum Gasteiger partial charge on any atom is -0.497 e. The van der Waals surface area contributed by atoms with Crippen molar-refractivity contribution in [2.45, 2.75) is 44.1 Å². The second-order valence-electron chi connectivity index (χ2n) is 6.45. The molecule has 3 N–H and O–H groups in total. The Balaban J connectivity index is 1.69. The highest BCUT2D eigenvalue weighted by molar-refractivity contribution is 5.39. The number of nitrogens with one attached hydrogen (secondary N) is 1. The second-order valence-corrected chi connectivity index (χ2v) is 6.45. The zero-order valence-corrected chi connectivity index (χ0v) is 12.5. The predicted octanol–water partition coefficient (Wildman–Crippen LogP) is 2.27. The van der Waals surface area contributed by atoms with Crippen LogP contribution in [0.4, 0.5) is 0 Å². The normalized spacial score (nSPS) is 25.3. The number of rotatable bonds is 6. The maximum Gasteiger partial charge on any atom is 0.119 e. The highest BCUT2D eigenvalue weighted by Gasteiger charge is 2.33. The molecular formula is C17H26N2O. The van der Waals surface area contributed by atoms with Gasteiger partial charge in [-0.05, 0) is 61.4 Å². The van der Waals surface area contributed by atoms with Gasteiger partial charge < -0.3 is 15.8 Å². The monoisotopic (exact) mass is 274 g/mol. The molecule has 3 nitrogen and oxygen atoms in total. The Hall–Kier alpha value is -1.06. The van der Waals surface area contributed by atoms with Crippen molar-refractivity contribution in [2.24, 2.45) is 11.7 Å². The highest BCUT2D eigenvalue weighted by atomic mass is 16.5. The fourth-order valence-corrected chi connectivity index (χ4v) is 3.31. The molecule has 2 aliphatic carbocycles. The smallest absolute Gasteiger partial charge is 0.119 e. The van der Waals surface area contributed by atoms with Gasteiger partial charge in [-0.15, -0.1) is 0 Å². The van der Waals surface area contributed by atoms with Crippen LogP contribution >= 0.6 is 0 Å². The lowest BCUT2D eigenvalue weighted by molar-refractivity contribution is 0.290. The predicted molar refractivity (Wildman–Crippen MR) is 82.1 cm³/mol. The van der Waals surface area contributed by atoms with Crippen LogP contribution in [-0.4, -0.2) is 25.7 Å². The standard InChI is InChI=1S/C17H26N2O/c1-20-16-5-4-14-6-8-17(12-18,11-15(14)10-16)19-9-7-13-2-3-13/h4-5,10,13,19H,2-3,6-9,11-12,18H2,1H3. The van der Waals surface area contributed by atoms with E-state index in [0.717, 1.165) is 37.5 Å². The van der Waals surface area contributed by atoms with Crippen LogP contribution in [0.2, 0.25) is 0 Å². The van der Waals surface area contributed by atoms with E-state index in [1.807, 2.05) is 0 Å². The van der Waals surface area contributed by atoms with Gasteiger partial charge in [-0.1, -0.05) is 18.9 Å². The highest BCUT2D eigenvalue weighted by Crippen LogP contribution is 2.33. The van der Waals surface area contributed by atoms with Crippen LogP contribution < -0.4 is 15.8 Å². The van der Waals surface area contributed by atoms with Gasteiger partial charge in [0.05, 0.1) is 7.11 Å². The first-order valence-electron chi connectivity index (χ1n) is 7.85. The molecule has 0 amide bonds. The third kappa shape index (κ3) is 2.99. The topological polar surface area (TPSA) is 47.3 Å². The van der Waals surface area contributed by atoms with E-state index in [0.29, 0.717) is 6.54 Å². The third-order valence-electron chi connectivity index (χ3n) is 4.96. The molecule has 1 fully saturated rings. The van der Waals surface area contributed by atoms with Crippen LogP contribution in [0.3, 0.4) is 0 Å². The van der Waals surface area contributed by atoms with Gasteiger partial charge in [0, 0.05) is 12.1 Å². The summed E-state index contributed by atoms with van der Waals surface area (Å²) in [5, 5.41) is 3.77. The number of aryl methyl sites for hydroxylation is 1. The van der Waals surface area contributed by atoms with Crippen LogP contribution in [0.15, 0.2) is 18.2 Å². The molecule has 1 unspecified atom stereocenters. The Morgan fingerprint density at radius 2 is 2.20 bits per heavy atom. The second kappa shape index (κ2) is 5.74. The van der Waals surface area contributed by atoms with Crippen LogP contribution in [0.1, 0.15) is 36.8 Å². The summed E-state index contributed by atoms with van der Waals surface area (Å²) in [6.07, 6.45) is 7.46. The summed E-state index contributed by atoms with van der Waals surface area (Å²) in [5.41, 5.74) is 9.06. The molecule has 1 atom stereocenters. The maximum atomic E-state index is 6.10. The van der Waals surface area contributed by atoms with Crippen molar-refractivity contribution in [1.29, 1.82) is 0 Å². The molecule has 1 aromatic carbocycles. The van der Waals surface area contributed by atoms with E-state index < -0.39 is 0 Å². The molecule has 1 aromatic rings. The third-order valence-corrected chi connectivity index (χ3v) is 4.96. The largest absolute Gasteiger partial charge is 0.497 e. The molecule has 3 heteroatoms. The molecule has 0 radical (unpaired) electrons. The van der Waals surface area contributed by atoms with E-state index in [1.165, 1.54) is 30.4 Å². The zero-order chi connectivity index (χ0) is 14.0. The van der Waals surface area contributed by atoms with E-state index in [1.54, 1.807) is 7.11 Å². The van der Waals surface area contributed by atoms with Crippen molar-refractivity contribution in [2.75, 3.05) is 20.2 Å². The van der Waals surface area contributed by atoms with Gasteiger partial charge in [0.1, 0.15) is 5.75 Å². The average Bonchev–Trinajstić information content (AvgIpc) is 3.30. The van der Waals surface area contributed by atoms with Crippen molar-refractivity contribution in [3.05, 3.63) is 29.3 Å². The first kappa shape index (κ1) is 13.9. The Bertz CT molecular complexity index is 470. The lowest BCUT2D eigenvalue weighted by atomic mass is 9.77. The van der Waals surface area contributed by atoms with Crippen LogP contribution in [0.5, 0.6) is 5.75 Å². The van der Waals surface area contributed by atoms with Gasteiger partial charge in [0.2, 0.25) is 0 Å². The first-order chi connectivity index (χ1) is 9.74. The van der Waals surface area contributed by atoms with E-state index in [9.17, 15) is 0 Å². The molecule has 20 heavy (non-hydrogen) atoms. The van der Waals surface area contributed by atoms with E-state index in [4.69, 9.17) is 10.5 Å². The molecule has 110 valence electrons. The minimum atomic E-state index is 0.0915. The van der Waals surface area contributed by atoms with Gasteiger partial charge in [-0.25, -0.2) is 0 Å². The van der Waals surface area contributed by atoms with Gasteiger partial charge in [0.25, 0.3) is 0 Å². The maximum absolute atomic E-state index is 6.10. The summed E-state index contributed by atoms with van der Waals surface area (Å²) in [6, 6.07) is 6.45. The Labute approximate surface area is 121 Å². The summed E-state index contributed by atoms with van der Waals surface area (Å²) < 4.78 is 5.35. The lowest BCUT2D eigenvalue weighted by Gasteiger charge is -2.38. The van der Waals surface area contributed by atoms with Gasteiger partial charge in [-0.2, -0.15) is 0 Å². The Kier molecular flexibility index (Phi) is 3.99. The molecule has 0 spiro atoms. The summed E-state index contributed by atoms with van der Waals surface area (Å²) in [5.74, 6) is 1.93. The minimum absolute atomic E-state index is 0.0915. The molecule has 2 aliphatic rings. The lowest BCUT2D eigenvalue weighted by Crippen LogP contribution is -2.55.